The van der Waals surface area contributed by atoms with Crippen LogP contribution in [-0.4, -0.2) is 22.6 Å². The molecule has 2 unspecified atom stereocenters. The number of aliphatic imine (C=N–C) groups is 1. The second-order valence-corrected chi connectivity index (χ2v) is 3.21. The van der Waals surface area contributed by atoms with Crippen LogP contribution < -0.4 is 11.5 Å². The lowest BCUT2D eigenvalue weighted by Gasteiger charge is -2.40. The van der Waals surface area contributed by atoms with Crippen molar-refractivity contribution in [1.82, 2.24) is 0 Å². The van der Waals surface area contributed by atoms with Crippen molar-refractivity contribution in [3.05, 3.63) is 0 Å². The summed E-state index contributed by atoms with van der Waals surface area (Å²) in [6.07, 6.45) is 1.39. The third kappa shape index (κ3) is 1.11. The van der Waals surface area contributed by atoms with E-state index in [0.29, 0.717) is 6.42 Å². The fraction of sp³-hybridized carbons (Fsp3) is 0.714. The van der Waals surface area contributed by atoms with Gasteiger partial charge >= 0.3 is 5.97 Å². The molecular formula is C7H13N3O2. The Morgan fingerprint density at radius 2 is 2.25 bits per heavy atom. The Kier molecular flexibility index (Phi) is 1.95. The molecule has 1 aliphatic carbocycles. The summed E-state index contributed by atoms with van der Waals surface area (Å²) < 4.78 is 0. The highest BCUT2D eigenvalue weighted by molar-refractivity contribution is 5.86. The molecule has 0 radical (unpaired) electrons. The van der Waals surface area contributed by atoms with Crippen LogP contribution in [-0.2, 0) is 4.79 Å². The molecule has 1 rings (SSSR count). The molecule has 5 N–H and O–H groups in total. The minimum atomic E-state index is -1.04. The van der Waals surface area contributed by atoms with E-state index < -0.39 is 11.5 Å². The molecule has 0 spiro atoms. The summed E-state index contributed by atoms with van der Waals surface area (Å²) >= 11 is 0. The van der Waals surface area contributed by atoms with E-state index in [9.17, 15) is 4.79 Å². The number of carboxylic acid groups (broad SMARTS) is 1. The quantitative estimate of drug-likeness (QED) is 0.385. The Morgan fingerprint density at radius 1 is 1.67 bits per heavy atom. The molecule has 0 saturated heterocycles. The maximum absolute atomic E-state index is 10.8. The monoisotopic (exact) mass is 171 g/mol. The van der Waals surface area contributed by atoms with E-state index in [-0.39, 0.29) is 11.9 Å². The lowest BCUT2D eigenvalue weighted by Crippen LogP contribution is -2.52. The SMILES string of the molecule is CC1CCC1(N=C(N)N)C(=O)O. The van der Waals surface area contributed by atoms with E-state index in [0.717, 1.165) is 6.42 Å². The summed E-state index contributed by atoms with van der Waals surface area (Å²) in [5, 5.41) is 8.88. The Bertz CT molecular complexity index is 235. The normalized spacial score (nSPS) is 33.6. The molecule has 0 aromatic rings. The van der Waals surface area contributed by atoms with Crippen LogP contribution in [0.1, 0.15) is 19.8 Å². The van der Waals surface area contributed by atoms with Crippen LogP contribution in [0.4, 0.5) is 0 Å². The number of nitrogens with two attached hydrogens (primary N) is 2. The van der Waals surface area contributed by atoms with E-state index in [1.807, 2.05) is 6.92 Å². The van der Waals surface area contributed by atoms with E-state index in [2.05, 4.69) is 4.99 Å². The number of aliphatic carboxylic acids is 1. The van der Waals surface area contributed by atoms with Gasteiger partial charge in [0.15, 0.2) is 11.5 Å². The number of guanidine groups is 1. The third-order valence-electron chi connectivity index (χ3n) is 2.47. The van der Waals surface area contributed by atoms with Gasteiger partial charge in [0.05, 0.1) is 0 Å². The number of hydrogen-bond acceptors (Lipinski definition) is 2. The van der Waals surface area contributed by atoms with Crippen LogP contribution in [0.15, 0.2) is 4.99 Å². The second kappa shape index (κ2) is 2.66. The molecule has 68 valence electrons. The van der Waals surface area contributed by atoms with Crippen LogP contribution in [0, 0.1) is 5.92 Å². The highest BCUT2D eigenvalue weighted by Gasteiger charge is 2.51. The highest BCUT2D eigenvalue weighted by atomic mass is 16.4. The molecule has 1 fully saturated rings. The molecule has 0 aromatic carbocycles. The van der Waals surface area contributed by atoms with Crippen molar-refractivity contribution >= 4 is 11.9 Å². The van der Waals surface area contributed by atoms with Crippen molar-refractivity contribution < 1.29 is 9.90 Å². The van der Waals surface area contributed by atoms with Crippen molar-refractivity contribution in [2.24, 2.45) is 22.4 Å². The molecule has 0 bridgehead atoms. The number of rotatable bonds is 2. The summed E-state index contributed by atoms with van der Waals surface area (Å²) in [6.45, 7) is 1.84. The van der Waals surface area contributed by atoms with Gasteiger partial charge in [-0.05, 0) is 18.8 Å². The average Bonchev–Trinajstić information content (AvgIpc) is 1.96. The lowest BCUT2D eigenvalue weighted by molar-refractivity contribution is -0.149. The Morgan fingerprint density at radius 3 is 2.33 bits per heavy atom. The minimum absolute atomic E-state index is 0.0251. The Hall–Kier alpha value is -1.26. The molecule has 12 heavy (non-hydrogen) atoms. The van der Waals surface area contributed by atoms with E-state index in [1.54, 1.807) is 0 Å². The van der Waals surface area contributed by atoms with Crippen LogP contribution in [0.5, 0.6) is 0 Å². The number of nitrogens with zero attached hydrogens (tertiary/aromatic N) is 1. The fourth-order valence-electron chi connectivity index (χ4n) is 1.47. The zero-order valence-electron chi connectivity index (χ0n) is 6.95. The van der Waals surface area contributed by atoms with E-state index in [4.69, 9.17) is 16.6 Å². The third-order valence-corrected chi connectivity index (χ3v) is 2.47. The average molecular weight is 171 g/mol. The van der Waals surface area contributed by atoms with Crippen molar-refractivity contribution in [1.29, 1.82) is 0 Å². The molecule has 1 saturated carbocycles. The van der Waals surface area contributed by atoms with Gasteiger partial charge in [0.25, 0.3) is 0 Å². The molecule has 1 aliphatic rings. The molecule has 0 aromatic heterocycles. The maximum atomic E-state index is 10.8. The van der Waals surface area contributed by atoms with Crippen LogP contribution >= 0.6 is 0 Å². The maximum Gasteiger partial charge on any atom is 0.332 e. The summed E-state index contributed by atoms with van der Waals surface area (Å²) in [5.41, 5.74) is 9.26. The molecule has 5 heteroatoms. The van der Waals surface area contributed by atoms with E-state index >= 15 is 0 Å². The van der Waals surface area contributed by atoms with Crippen LogP contribution in [0.3, 0.4) is 0 Å². The fourth-order valence-corrected chi connectivity index (χ4v) is 1.47. The minimum Gasteiger partial charge on any atom is -0.479 e. The topological polar surface area (TPSA) is 102 Å². The van der Waals surface area contributed by atoms with Crippen molar-refractivity contribution in [3.8, 4) is 0 Å². The van der Waals surface area contributed by atoms with Gasteiger partial charge in [-0.2, -0.15) is 0 Å². The summed E-state index contributed by atoms with van der Waals surface area (Å²) in [5.74, 6) is -1.06. The van der Waals surface area contributed by atoms with E-state index in [1.165, 1.54) is 0 Å². The first-order valence-corrected chi connectivity index (χ1v) is 3.83. The van der Waals surface area contributed by atoms with Crippen molar-refractivity contribution in [2.75, 3.05) is 0 Å². The molecule has 5 nitrogen and oxygen atoms in total. The zero-order chi connectivity index (χ0) is 9.35. The number of carbonyl (C=O) groups is 1. The number of hydrogen-bond donors (Lipinski definition) is 3. The Balaban J connectivity index is 2.89. The molecule has 0 heterocycles. The van der Waals surface area contributed by atoms with Crippen LogP contribution in [0.25, 0.3) is 0 Å². The molecular weight excluding hydrogens is 158 g/mol. The molecule has 2 atom stereocenters. The van der Waals surface area contributed by atoms with Gasteiger partial charge in [0, 0.05) is 0 Å². The summed E-state index contributed by atoms with van der Waals surface area (Å²) in [7, 11) is 0. The largest absolute Gasteiger partial charge is 0.479 e. The highest BCUT2D eigenvalue weighted by Crippen LogP contribution is 2.41. The van der Waals surface area contributed by atoms with Gasteiger partial charge in [-0.1, -0.05) is 6.92 Å². The van der Waals surface area contributed by atoms with Gasteiger partial charge in [0.1, 0.15) is 0 Å². The zero-order valence-corrected chi connectivity index (χ0v) is 6.95. The first-order valence-electron chi connectivity index (χ1n) is 3.83. The smallest absolute Gasteiger partial charge is 0.332 e. The first-order chi connectivity index (χ1) is 5.49. The van der Waals surface area contributed by atoms with Crippen molar-refractivity contribution in [2.45, 2.75) is 25.3 Å². The number of carboxylic acids is 1. The van der Waals surface area contributed by atoms with Crippen LogP contribution in [0.2, 0.25) is 0 Å². The van der Waals surface area contributed by atoms with Gasteiger partial charge in [-0.25, -0.2) is 9.79 Å². The second-order valence-electron chi connectivity index (χ2n) is 3.21. The molecule has 0 amide bonds. The van der Waals surface area contributed by atoms with Gasteiger partial charge < -0.3 is 16.6 Å². The lowest BCUT2D eigenvalue weighted by atomic mass is 9.68. The summed E-state index contributed by atoms with van der Waals surface area (Å²) in [4.78, 5) is 14.6. The Labute approximate surface area is 70.5 Å². The summed E-state index contributed by atoms with van der Waals surface area (Å²) in [6, 6.07) is 0. The van der Waals surface area contributed by atoms with Gasteiger partial charge in [0.2, 0.25) is 0 Å². The molecule has 0 aliphatic heterocycles. The standard InChI is InChI=1S/C7H13N3O2/c1-4-2-3-7(4,5(11)12)10-6(8)9/h4H,2-3H2,1H3,(H,11,12)(H4,8,9,10). The first kappa shape index (κ1) is 8.83. The van der Waals surface area contributed by atoms with Gasteiger partial charge in [-0.3, -0.25) is 0 Å². The predicted molar refractivity (Wildman–Crippen MR) is 44.6 cm³/mol. The predicted octanol–water partition coefficient (Wildman–Crippen LogP) is -0.487. The van der Waals surface area contributed by atoms with Gasteiger partial charge in [-0.15, -0.1) is 0 Å². The van der Waals surface area contributed by atoms with Crippen molar-refractivity contribution in [3.63, 3.8) is 0 Å².